The van der Waals surface area contributed by atoms with E-state index in [-0.39, 0.29) is 23.7 Å². The number of hydrogen-bond donors (Lipinski definition) is 3. The van der Waals surface area contributed by atoms with Gasteiger partial charge in [0.25, 0.3) is 0 Å². The highest BCUT2D eigenvalue weighted by Gasteiger charge is 2.20. The molecule has 0 radical (unpaired) electrons. The minimum Gasteiger partial charge on any atom is -0.335 e. The molecule has 3 N–H and O–H groups in total. The number of anilines is 2. The molecular formula is C21H25FN4O2. The van der Waals surface area contributed by atoms with E-state index in [1.807, 2.05) is 18.2 Å². The molecule has 148 valence electrons. The van der Waals surface area contributed by atoms with Gasteiger partial charge < -0.3 is 16.0 Å². The highest BCUT2D eigenvalue weighted by Crippen LogP contribution is 2.20. The molecule has 0 saturated carbocycles. The van der Waals surface area contributed by atoms with E-state index in [4.69, 9.17) is 0 Å². The van der Waals surface area contributed by atoms with Crippen LogP contribution < -0.4 is 16.0 Å². The highest BCUT2D eigenvalue weighted by molar-refractivity contribution is 5.92. The molecular weight excluding hydrogens is 359 g/mol. The average molecular weight is 384 g/mol. The zero-order valence-corrected chi connectivity index (χ0v) is 15.9. The number of rotatable bonds is 5. The van der Waals surface area contributed by atoms with Crippen molar-refractivity contribution in [3.63, 3.8) is 0 Å². The summed E-state index contributed by atoms with van der Waals surface area (Å²) < 4.78 is 13.7. The molecule has 0 aliphatic carbocycles. The number of nitrogens with zero attached hydrogens (tertiary/aromatic N) is 1. The maximum Gasteiger partial charge on any atom is 0.319 e. The summed E-state index contributed by atoms with van der Waals surface area (Å²) in [5, 5.41) is 8.07. The number of urea groups is 1. The molecule has 0 bridgehead atoms. The monoisotopic (exact) mass is 384 g/mol. The zero-order valence-electron chi connectivity index (χ0n) is 15.9. The van der Waals surface area contributed by atoms with Crippen molar-refractivity contribution in [2.75, 3.05) is 23.7 Å². The molecule has 0 atom stereocenters. The molecule has 0 unspecified atom stereocenters. The van der Waals surface area contributed by atoms with Gasteiger partial charge in [-0.25, -0.2) is 9.18 Å². The molecule has 6 nitrogen and oxygen atoms in total. The third-order valence-corrected chi connectivity index (χ3v) is 4.71. The normalized spacial score (nSPS) is 15.1. The summed E-state index contributed by atoms with van der Waals surface area (Å²) in [5.41, 5.74) is 1.75. The Labute approximate surface area is 164 Å². The van der Waals surface area contributed by atoms with E-state index in [0.29, 0.717) is 5.69 Å². The molecule has 3 rings (SSSR count). The average Bonchev–Trinajstić information content (AvgIpc) is 2.66. The van der Waals surface area contributed by atoms with Gasteiger partial charge in [-0.1, -0.05) is 30.3 Å². The van der Waals surface area contributed by atoms with Gasteiger partial charge in [-0.15, -0.1) is 0 Å². The van der Waals surface area contributed by atoms with Gasteiger partial charge in [-0.3, -0.25) is 9.69 Å². The molecule has 1 heterocycles. The second kappa shape index (κ2) is 9.32. The molecule has 1 aliphatic rings. The van der Waals surface area contributed by atoms with Crippen LogP contribution in [0, 0.1) is 5.82 Å². The lowest BCUT2D eigenvalue weighted by atomic mass is 10.0. The molecule has 7 heteroatoms. The predicted octanol–water partition coefficient (Wildman–Crippen LogP) is 3.57. The topological polar surface area (TPSA) is 73.5 Å². The van der Waals surface area contributed by atoms with Gasteiger partial charge in [-0.2, -0.15) is 0 Å². The van der Waals surface area contributed by atoms with E-state index in [2.05, 4.69) is 33.0 Å². The minimum absolute atomic E-state index is 0.0412. The quantitative estimate of drug-likeness (QED) is 0.738. The maximum absolute atomic E-state index is 13.7. The van der Waals surface area contributed by atoms with Crippen LogP contribution in [0.2, 0.25) is 0 Å². The SMILES string of the molecule is CC(=O)Nc1cc(NC(=O)NC2CCN(Cc3ccccc3)CC2)ccc1F. The Hall–Kier alpha value is -2.93. The second-order valence-corrected chi connectivity index (χ2v) is 7.01. The lowest BCUT2D eigenvalue weighted by molar-refractivity contribution is -0.114. The number of piperidine rings is 1. The molecule has 2 aromatic rings. The number of carbonyl (C=O) groups excluding carboxylic acids is 2. The summed E-state index contributed by atoms with van der Waals surface area (Å²) in [6.07, 6.45) is 1.75. The number of hydrogen-bond acceptors (Lipinski definition) is 3. The van der Waals surface area contributed by atoms with Crippen LogP contribution in [-0.4, -0.2) is 36.0 Å². The Bertz CT molecular complexity index is 820. The largest absolute Gasteiger partial charge is 0.335 e. The van der Waals surface area contributed by atoms with E-state index >= 15 is 0 Å². The number of nitrogens with one attached hydrogen (secondary N) is 3. The van der Waals surface area contributed by atoms with Crippen molar-refractivity contribution in [3.05, 3.63) is 59.9 Å². The summed E-state index contributed by atoms with van der Waals surface area (Å²) in [6.45, 7) is 4.06. The fourth-order valence-corrected chi connectivity index (χ4v) is 3.32. The Morgan fingerprint density at radius 3 is 2.46 bits per heavy atom. The van der Waals surface area contributed by atoms with Crippen molar-refractivity contribution in [1.82, 2.24) is 10.2 Å². The summed E-state index contributed by atoms with van der Waals surface area (Å²) in [7, 11) is 0. The zero-order chi connectivity index (χ0) is 19.9. The van der Waals surface area contributed by atoms with E-state index in [9.17, 15) is 14.0 Å². The van der Waals surface area contributed by atoms with Crippen LogP contribution in [-0.2, 0) is 11.3 Å². The number of carbonyl (C=O) groups is 2. The van der Waals surface area contributed by atoms with Gasteiger partial charge >= 0.3 is 6.03 Å². The van der Waals surface area contributed by atoms with Crippen LogP contribution in [0.4, 0.5) is 20.6 Å². The van der Waals surface area contributed by atoms with Gasteiger partial charge in [0.1, 0.15) is 5.82 Å². The third kappa shape index (κ3) is 5.79. The summed E-state index contributed by atoms with van der Waals surface area (Å²) >= 11 is 0. The second-order valence-electron chi connectivity index (χ2n) is 7.01. The standard InChI is InChI=1S/C21H25FN4O2/c1-15(27)23-20-13-18(7-8-19(20)22)25-21(28)24-17-9-11-26(12-10-17)14-16-5-3-2-4-6-16/h2-8,13,17H,9-12,14H2,1H3,(H,23,27)(H2,24,25,28). The smallest absolute Gasteiger partial charge is 0.319 e. The molecule has 1 aliphatic heterocycles. The number of likely N-dealkylation sites (tertiary alicyclic amines) is 1. The van der Waals surface area contributed by atoms with Crippen LogP contribution >= 0.6 is 0 Å². The lowest BCUT2D eigenvalue weighted by Gasteiger charge is -2.32. The van der Waals surface area contributed by atoms with Crippen LogP contribution in [0.5, 0.6) is 0 Å². The molecule has 0 spiro atoms. The van der Waals surface area contributed by atoms with Gasteiger partial charge in [0.2, 0.25) is 5.91 Å². The van der Waals surface area contributed by atoms with E-state index in [1.54, 1.807) is 0 Å². The Kier molecular flexibility index (Phi) is 6.60. The predicted molar refractivity (Wildman–Crippen MR) is 108 cm³/mol. The molecule has 1 fully saturated rings. The van der Waals surface area contributed by atoms with Crippen molar-refractivity contribution in [2.24, 2.45) is 0 Å². The Morgan fingerprint density at radius 1 is 1.07 bits per heavy atom. The molecule has 1 saturated heterocycles. The van der Waals surface area contributed by atoms with Crippen LogP contribution in [0.15, 0.2) is 48.5 Å². The van der Waals surface area contributed by atoms with E-state index in [0.717, 1.165) is 32.5 Å². The van der Waals surface area contributed by atoms with Crippen LogP contribution in [0.3, 0.4) is 0 Å². The fraction of sp³-hybridized carbons (Fsp3) is 0.333. The molecule has 0 aromatic heterocycles. The van der Waals surface area contributed by atoms with Crippen molar-refractivity contribution >= 4 is 23.3 Å². The molecule has 3 amide bonds. The first-order valence-electron chi connectivity index (χ1n) is 9.40. The maximum atomic E-state index is 13.7. The first-order chi connectivity index (χ1) is 13.5. The van der Waals surface area contributed by atoms with Crippen molar-refractivity contribution in [2.45, 2.75) is 32.4 Å². The Balaban J connectivity index is 1.46. The fourth-order valence-electron chi connectivity index (χ4n) is 3.32. The lowest BCUT2D eigenvalue weighted by Crippen LogP contribution is -2.45. The Morgan fingerprint density at radius 2 is 1.79 bits per heavy atom. The van der Waals surface area contributed by atoms with Crippen molar-refractivity contribution in [3.8, 4) is 0 Å². The third-order valence-electron chi connectivity index (χ3n) is 4.71. The number of benzene rings is 2. The van der Waals surface area contributed by atoms with Gasteiger partial charge in [0, 0.05) is 38.3 Å². The molecule has 28 heavy (non-hydrogen) atoms. The first-order valence-corrected chi connectivity index (χ1v) is 9.40. The summed E-state index contributed by atoms with van der Waals surface area (Å²) in [4.78, 5) is 25.8. The van der Waals surface area contributed by atoms with Crippen molar-refractivity contribution < 1.29 is 14.0 Å². The summed E-state index contributed by atoms with van der Waals surface area (Å²) in [6, 6.07) is 14.2. The van der Waals surface area contributed by atoms with Gasteiger partial charge in [-0.05, 0) is 36.6 Å². The van der Waals surface area contributed by atoms with Gasteiger partial charge in [0.15, 0.2) is 0 Å². The molecule has 2 aromatic carbocycles. The van der Waals surface area contributed by atoms with E-state index < -0.39 is 5.82 Å². The summed E-state index contributed by atoms with van der Waals surface area (Å²) in [5.74, 6) is -0.922. The van der Waals surface area contributed by atoms with Crippen LogP contribution in [0.1, 0.15) is 25.3 Å². The van der Waals surface area contributed by atoms with Crippen molar-refractivity contribution in [1.29, 1.82) is 0 Å². The van der Waals surface area contributed by atoms with E-state index in [1.165, 1.54) is 30.7 Å². The first kappa shape index (κ1) is 19.8. The highest BCUT2D eigenvalue weighted by atomic mass is 19.1. The number of halogens is 1. The van der Waals surface area contributed by atoms with Crippen LogP contribution in [0.25, 0.3) is 0 Å². The van der Waals surface area contributed by atoms with Gasteiger partial charge in [0.05, 0.1) is 5.69 Å². The minimum atomic E-state index is -0.549. The number of amides is 3.